The molecule has 1 heterocycles. The van der Waals surface area contributed by atoms with Crippen LogP contribution in [0.3, 0.4) is 0 Å². The van der Waals surface area contributed by atoms with Crippen LogP contribution in [0.1, 0.15) is 29.7 Å². The molecule has 2 aromatic rings. The average Bonchev–Trinajstić information content (AvgIpc) is 2.68. The minimum absolute atomic E-state index is 0.0523. The van der Waals surface area contributed by atoms with E-state index in [2.05, 4.69) is 20.9 Å². The number of sulfone groups is 1. The van der Waals surface area contributed by atoms with E-state index in [1.807, 2.05) is 13.0 Å². The summed E-state index contributed by atoms with van der Waals surface area (Å²) >= 11 is 3.37. The molecule has 0 N–H and O–H groups in total. The third-order valence-corrected chi connectivity index (χ3v) is 5.93. The zero-order chi connectivity index (χ0) is 22.3. The Labute approximate surface area is 185 Å². The molecule has 0 fully saturated rings. The molecule has 1 unspecified atom stereocenters. The maximum Gasteiger partial charge on any atom is 0.310 e. The lowest BCUT2D eigenvalue weighted by molar-refractivity contribution is -0.139. The molecular weight excluding hydrogens is 474 g/mol. The Bertz CT molecular complexity index is 993. The molecule has 7 nitrogen and oxygen atoms in total. The van der Waals surface area contributed by atoms with Crippen molar-refractivity contribution in [3.8, 4) is 11.5 Å². The van der Waals surface area contributed by atoms with Gasteiger partial charge in [-0.05, 0) is 58.6 Å². The van der Waals surface area contributed by atoms with Gasteiger partial charge in [0.2, 0.25) is 0 Å². The summed E-state index contributed by atoms with van der Waals surface area (Å²) in [7, 11) is -0.404. The topological polar surface area (TPSA) is 91.8 Å². The van der Waals surface area contributed by atoms with E-state index in [0.29, 0.717) is 35.8 Å². The first-order valence-electron chi connectivity index (χ1n) is 9.35. The van der Waals surface area contributed by atoms with E-state index in [0.717, 1.165) is 10.0 Å². The number of aromatic nitrogens is 1. The minimum atomic E-state index is -3.28. The van der Waals surface area contributed by atoms with Gasteiger partial charge in [0.1, 0.15) is 9.84 Å². The highest BCUT2D eigenvalue weighted by atomic mass is 79.9. The molecule has 1 aromatic heterocycles. The number of hydrogen-bond donors (Lipinski definition) is 0. The summed E-state index contributed by atoms with van der Waals surface area (Å²) in [5, 5.41) is 0. The Balaban J connectivity index is 2.47. The molecule has 0 saturated heterocycles. The maximum absolute atomic E-state index is 12.1. The first kappa shape index (κ1) is 24.1. The number of rotatable bonds is 10. The van der Waals surface area contributed by atoms with Crippen LogP contribution < -0.4 is 9.47 Å². The lowest BCUT2D eigenvalue weighted by Gasteiger charge is -2.20. The summed E-state index contributed by atoms with van der Waals surface area (Å²) in [6.07, 6.45) is 3.23. The molecule has 0 aliphatic heterocycles. The van der Waals surface area contributed by atoms with Crippen molar-refractivity contribution in [3.05, 3.63) is 51.8 Å². The fourth-order valence-electron chi connectivity index (χ4n) is 3.16. The van der Waals surface area contributed by atoms with Crippen LogP contribution in [-0.4, -0.2) is 52.2 Å². The highest BCUT2D eigenvalue weighted by molar-refractivity contribution is 9.10. The second-order valence-corrected chi connectivity index (χ2v) is 9.95. The Morgan fingerprint density at radius 1 is 1.20 bits per heavy atom. The molecule has 0 aliphatic carbocycles. The number of nitrogens with zero attached hydrogens (tertiary/aromatic N) is 1. The van der Waals surface area contributed by atoms with Crippen LogP contribution in [0.4, 0.5) is 0 Å². The van der Waals surface area contributed by atoms with Gasteiger partial charge in [-0.1, -0.05) is 6.07 Å². The van der Waals surface area contributed by atoms with Crippen molar-refractivity contribution < 1.29 is 27.4 Å². The summed E-state index contributed by atoms with van der Waals surface area (Å²) in [5.41, 5.74) is 2.12. The first-order chi connectivity index (χ1) is 14.2. The van der Waals surface area contributed by atoms with Crippen LogP contribution in [0.5, 0.6) is 11.5 Å². The zero-order valence-electron chi connectivity index (χ0n) is 17.5. The highest BCUT2D eigenvalue weighted by Crippen LogP contribution is 2.33. The van der Waals surface area contributed by atoms with Gasteiger partial charge in [-0.3, -0.25) is 9.78 Å². The third kappa shape index (κ3) is 6.98. The van der Waals surface area contributed by atoms with Crippen LogP contribution in [-0.2, 0) is 32.2 Å². The van der Waals surface area contributed by atoms with E-state index in [4.69, 9.17) is 14.2 Å². The van der Waals surface area contributed by atoms with Crippen molar-refractivity contribution in [2.45, 2.75) is 25.7 Å². The van der Waals surface area contributed by atoms with Gasteiger partial charge in [0.25, 0.3) is 0 Å². The summed E-state index contributed by atoms with van der Waals surface area (Å²) in [5.74, 6) is 0.288. The summed E-state index contributed by atoms with van der Waals surface area (Å²) in [6.45, 7) is 2.32. The lowest BCUT2D eigenvalue weighted by atomic mass is 9.93. The highest BCUT2D eigenvalue weighted by Gasteiger charge is 2.23. The van der Waals surface area contributed by atoms with E-state index in [9.17, 15) is 13.2 Å². The molecule has 0 saturated carbocycles. The number of ether oxygens (including phenoxy) is 3. The van der Waals surface area contributed by atoms with Crippen LogP contribution in [0.25, 0.3) is 0 Å². The van der Waals surface area contributed by atoms with Gasteiger partial charge in [-0.2, -0.15) is 0 Å². The smallest absolute Gasteiger partial charge is 0.310 e. The lowest BCUT2D eigenvalue weighted by Crippen LogP contribution is -2.18. The van der Waals surface area contributed by atoms with Gasteiger partial charge in [-0.25, -0.2) is 8.42 Å². The Kier molecular flexibility index (Phi) is 8.66. The molecule has 0 bridgehead atoms. The fourth-order valence-corrected chi connectivity index (χ4v) is 4.58. The van der Waals surface area contributed by atoms with Crippen molar-refractivity contribution in [2.24, 2.45) is 0 Å². The van der Waals surface area contributed by atoms with Gasteiger partial charge in [0.15, 0.2) is 11.5 Å². The van der Waals surface area contributed by atoms with Crippen molar-refractivity contribution in [1.82, 2.24) is 4.98 Å². The normalized spacial score (nSPS) is 12.3. The summed E-state index contributed by atoms with van der Waals surface area (Å²) in [4.78, 5) is 16.3. The minimum Gasteiger partial charge on any atom is -0.493 e. The van der Waals surface area contributed by atoms with Crippen LogP contribution in [0.15, 0.2) is 34.9 Å². The number of hydrogen-bond acceptors (Lipinski definition) is 7. The maximum atomic E-state index is 12.1. The van der Waals surface area contributed by atoms with Crippen molar-refractivity contribution >= 4 is 31.7 Å². The molecule has 0 amide bonds. The average molecular weight is 500 g/mol. The number of carbonyl (C=O) groups is 1. The molecule has 9 heteroatoms. The second-order valence-electron chi connectivity index (χ2n) is 6.85. The third-order valence-electron chi connectivity index (χ3n) is 4.49. The number of carbonyl (C=O) groups excluding carboxylic acids is 1. The van der Waals surface area contributed by atoms with Gasteiger partial charge in [-0.15, -0.1) is 0 Å². The van der Waals surface area contributed by atoms with E-state index in [1.54, 1.807) is 31.5 Å². The number of benzene rings is 1. The zero-order valence-corrected chi connectivity index (χ0v) is 19.9. The van der Waals surface area contributed by atoms with Gasteiger partial charge in [0, 0.05) is 28.5 Å². The quantitative estimate of drug-likeness (QED) is 0.462. The van der Waals surface area contributed by atoms with E-state index in [-0.39, 0.29) is 24.1 Å². The second kappa shape index (κ2) is 10.8. The molecule has 30 heavy (non-hydrogen) atoms. The van der Waals surface area contributed by atoms with E-state index >= 15 is 0 Å². The predicted molar refractivity (Wildman–Crippen MR) is 118 cm³/mol. The molecule has 1 atom stereocenters. The molecule has 1 aromatic carbocycles. The van der Waals surface area contributed by atoms with Crippen molar-refractivity contribution in [2.75, 3.05) is 32.8 Å². The van der Waals surface area contributed by atoms with E-state index < -0.39 is 9.84 Å². The number of methoxy groups -OCH3 is 2. The molecule has 0 radical (unpaired) electrons. The van der Waals surface area contributed by atoms with Gasteiger partial charge in [0.05, 0.1) is 33.0 Å². The largest absolute Gasteiger partial charge is 0.493 e. The Hall–Kier alpha value is -2.13. The number of esters is 1. The molecule has 0 aliphatic rings. The standard InChI is InChI=1S/C21H26BrNO6S/c1-5-29-20-10-14(6-7-19(20)27-2)16(13-30(4,25)26)9-18-15(11-21(24)28-3)8-17(22)12-23-18/h6-8,10,12,16H,5,9,11,13H2,1-4H3. The molecule has 2 rings (SSSR count). The monoisotopic (exact) mass is 499 g/mol. The summed E-state index contributed by atoms with van der Waals surface area (Å²) in [6, 6.07) is 7.20. The number of halogens is 1. The predicted octanol–water partition coefficient (Wildman–Crippen LogP) is 3.34. The molecular formula is C21H26BrNO6S. The summed E-state index contributed by atoms with van der Waals surface area (Å²) < 4.78 is 40.8. The van der Waals surface area contributed by atoms with Gasteiger partial charge >= 0.3 is 5.97 Å². The van der Waals surface area contributed by atoms with Crippen LogP contribution in [0.2, 0.25) is 0 Å². The Morgan fingerprint density at radius 2 is 1.93 bits per heavy atom. The first-order valence-corrected chi connectivity index (χ1v) is 12.2. The number of pyridine rings is 1. The van der Waals surface area contributed by atoms with Crippen LogP contribution >= 0.6 is 15.9 Å². The van der Waals surface area contributed by atoms with Gasteiger partial charge < -0.3 is 14.2 Å². The fraction of sp³-hybridized carbons (Fsp3) is 0.429. The SMILES string of the molecule is CCOc1cc(C(Cc2ncc(Br)cc2CC(=O)OC)CS(C)(=O)=O)ccc1OC. The molecule has 164 valence electrons. The van der Waals surface area contributed by atoms with Crippen LogP contribution in [0, 0.1) is 0 Å². The van der Waals surface area contributed by atoms with Crippen molar-refractivity contribution in [3.63, 3.8) is 0 Å². The van der Waals surface area contributed by atoms with Crippen molar-refractivity contribution in [1.29, 1.82) is 0 Å². The molecule has 0 spiro atoms. The Morgan fingerprint density at radius 3 is 2.53 bits per heavy atom. The van der Waals surface area contributed by atoms with E-state index in [1.165, 1.54) is 13.4 Å².